The minimum absolute atomic E-state index is 0.0644. The van der Waals surface area contributed by atoms with Crippen LogP contribution in [0, 0.1) is 11.7 Å². The highest BCUT2D eigenvalue weighted by molar-refractivity contribution is 7.99. The molecule has 0 radical (unpaired) electrons. The van der Waals surface area contributed by atoms with Crippen LogP contribution in [0.1, 0.15) is 64.8 Å². The monoisotopic (exact) mass is 490 g/mol. The minimum atomic E-state index is -1.05. The molecular formula is C25H35FN4O3S. The molecule has 2 aromatic heterocycles. The van der Waals surface area contributed by atoms with E-state index < -0.39 is 11.4 Å². The lowest BCUT2D eigenvalue weighted by atomic mass is 9.84. The largest absolute Gasteiger partial charge is 0.478 e. The fourth-order valence-corrected chi connectivity index (χ4v) is 6.10. The Bertz CT molecular complexity index is 1060. The van der Waals surface area contributed by atoms with Gasteiger partial charge in [0.1, 0.15) is 0 Å². The molecule has 0 saturated carbocycles. The predicted molar refractivity (Wildman–Crippen MR) is 132 cm³/mol. The summed E-state index contributed by atoms with van der Waals surface area (Å²) < 4.78 is 22.2. The Morgan fingerprint density at radius 3 is 2.91 bits per heavy atom. The first-order valence-corrected chi connectivity index (χ1v) is 13.2. The van der Waals surface area contributed by atoms with Crippen molar-refractivity contribution in [1.29, 1.82) is 0 Å². The van der Waals surface area contributed by atoms with E-state index in [2.05, 4.69) is 17.2 Å². The first-order chi connectivity index (χ1) is 16.0. The molecular weight excluding hydrogens is 455 g/mol. The molecule has 0 bridgehead atoms. The number of hydrogen-bond acceptors (Lipinski definition) is 6. The topological polar surface area (TPSA) is 89.3 Å². The zero-order valence-corrected chi connectivity index (χ0v) is 21.5. The SMILES string of the molecule is CCOc1cc(-c2nn(C(C)C(C)(C)O)c3c2CCC(C(=O)NC2(C)CCSC2)C3)c(F)cn1. The van der Waals surface area contributed by atoms with Gasteiger partial charge in [-0.3, -0.25) is 9.48 Å². The molecule has 7 nitrogen and oxygen atoms in total. The fraction of sp³-hybridized carbons (Fsp3) is 0.640. The molecule has 1 amide bonds. The summed E-state index contributed by atoms with van der Waals surface area (Å²) in [6.07, 6.45) is 3.91. The Kier molecular flexibility index (Phi) is 6.97. The number of aliphatic hydroxyl groups is 1. The third-order valence-corrected chi connectivity index (χ3v) is 8.42. The smallest absolute Gasteiger partial charge is 0.223 e. The van der Waals surface area contributed by atoms with Gasteiger partial charge in [-0.15, -0.1) is 0 Å². The maximum Gasteiger partial charge on any atom is 0.223 e. The number of nitrogens with one attached hydrogen (secondary N) is 1. The zero-order valence-electron chi connectivity index (χ0n) is 20.7. The van der Waals surface area contributed by atoms with Gasteiger partial charge in [0.15, 0.2) is 5.82 Å². The second kappa shape index (κ2) is 9.49. The van der Waals surface area contributed by atoms with E-state index in [1.54, 1.807) is 24.6 Å². The van der Waals surface area contributed by atoms with E-state index in [0.29, 0.717) is 43.0 Å². The van der Waals surface area contributed by atoms with Crippen LogP contribution >= 0.6 is 11.8 Å². The third-order valence-electron chi connectivity index (χ3n) is 7.08. The van der Waals surface area contributed by atoms with Crippen LogP contribution in [0.4, 0.5) is 4.39 Å². The Morgan fingerprint density at radius 2 is 2.26 bits per heavy atom. The number of fused-ring (bicyclic) bond motifs is 1. The van der Waals surface area contributed by atoms with E-state index >= 15 is 0 Å². The number of pyridine rings is 1. The van der Waals surface area contributed by atoms with Crippen LogP contribution in [0.25, 0.3) is 11.3 Å². The number of hydrogen-bond donors (Lipinski definition) is 2. The molecule has 1 aliphatic carbocycles. The standard InChI is InChI=1S/C25H35FN4O3S/c1-6-33-21-12-18(19(26)13-27-21)22-17-8-7-16(23(31)28-25(5)9-10-34-14-25)11-20(17)30(29-22)15(2)24(3,4)32/h12-13,15-16,32H,6-11,14H2,1-5H3,(H,28,31). The van der Waals surface area contributed by atoms with Crippen molar-refractivity contribution < 1.29 is 19.0 Å². The number of halogens is 1. The Labute approximate surface area is 204 Å². The first kappa shape index (κ1) is 25.0. The van der Waals surface area contributed by atoms with Crippen LogP contribution in [0.2, 0.25) is 0 Å². The third kappa shape index (κ3) is 4.96. The summed E-state index contributed by atoms with van der Waals surface area (Å²) in [6.45, 7) is 9.75. The van der Waals surface area contributed by atoms with E-state index in [1.165, 1.54) is 0 Å². The van der Waals surface area contributed by atoms with E-state index in [4.69, 9.17) is 9.84 Å². The van der Waals surface area contributed by atoms with E-state index in [1.807, 2.05) is 25.6 Å². The molecule has 1 saturated heterocycles. The molecule has 9 heteroatoms. The summed E-state index contributed by atoms with van der Waals surface area (Å²) in [7, 11) is 0. The van der Waals surface area contributed by atoms with Gasteiger partial charge in [0, 0.05) is 46.5 Å². The number of aromatic nitrogens is 3. The number of carbonyl (C=O) groups excluding carboxylic acids is 1. The molecule has 3 heterocycles. The van der Waals surface area contributed by atoms with E-state index in [9.17, 15) is 14.3 Å². The predicted octanol–water partition coefficient (Wildman–Crippen LogP) is 3.93. The van der Waals surface area contributed by atoms with Crippen LogP contribution in [-0.2, 0) is 17.6 Å². The summed E-state index contributed by atoms with van der Waals surface area (Å²) in [5.74, 6) is 1.74. The highest BCUT2D eigenvalue weighted by Crippen LogP contribution is 2.38. The second-order valence-corrected chi connectivity index (χ2v) is 11.4. The van der Waals surface area contributed by atoms with Crippen LogP contribution < -0.4 is 10.1 Å². The van der Waals surface area contributed by atoms with Gasteiger partial charge < -0.3 is 15.2 Å². The number of thioether (sulfide) groups is 1. The van der Waals surface area contributed by atoms with Crippen LogP contribution in [0.15, 0.2) is 12.3 Å². The average molecular weight is 491 g/mol. The summed E-state index contributed by atoms with van der Waals surface area (Å²) in [6, 6.07) is 1.22. The van der Waals surface area contributed by atoms with Crippen LogP contribution in [0.5, 0.6) is 5.88 Å². The first-order valence-electron chi connectivity index (χ1n) is 12.0. The molecule has 2 aliphatic rings. The molecule has 186 valence electrons. The number of carbonyl (C=O) groups is 1. The van der Waals surface area contributed by atoms with Gasteiger partial charge in [-0.25, -0.2) is 9.37 Å². The second-order valence-electron chi connectivity index (χ2n) is 10.3. The van der Waals surface area contributed by atoms with Crippen molar-refractivity contribution in [3.63, 3.8) is 0 Å². The number of ether oxygens (including phenoxy) is 1. The van der Waals surface area contributed by atoms with Crippen molar-refractivity contribution in [2.45, 2.75) is 77.5 Å². The van der Waals surface area contributed by atoms with Crippen molar-refractivity contribution in [2.24, 2.45) is 5.92 Å². The van der Waals surface area contributed by atoms with Gasteiger partial charge in [-0.2, -0.15) is 16.9 Å². The molecule has 3 atom stereocenters. The number of amides is 1. The van der Waals surface area contributed by atoms with E-state index in [0.717, 1.165) is 35.4 Å². The van der Waals surface area contributed by atoms with Crippen LogP contribution in [0.3, 0.4) is 0 Å². The van der Waals surface area contributed by atoms with Gasteiger partial charge in [-0.1, -0.05) is 0 Å². The molecule has 3 unspecified atom stereocenters. The molecule has 34 heavy (non-hydrogen) atoms. The Balaban J connectivity index is 1.71. The van der Waals surface area contributed by atoms with E-state index in [-0.39, 0.29) is 23.4 Å². The summed E-state index contributed by atoms with van der Waals surface area (Å²) in [5.41, 5.74) is 1.46. The van der Waals surface area contributed by atoms with Crippen LogP contribution in [-0.4, -0.2) is 55.0 Å². The lowest BCUT2D eigenvalue weighted by molar-refractivity contribution is -0.126. The number of nitrogens with zero attached hydrogens (tertiary/aromatic N) is 3. The van der Waals surface area contributed by atoms with Crippen molar-refractivity contribution >= 4 is 17.7 Å². The molecule has 2 aromatic rings. The zero-order chi connectivity index (χ0) is 24.7. The molecule has 0 aromatic carbocycles. The summed E-state index contributed by atoms with van der Waals surface area (Å²) in [5, 5.41) is 18.8. The molecule has 4 rings (SSSR count). The lowest BCUT2D eigenvalue weighted by Gasteiger charge is -2.32. The highest BCUT2D eigenvalue weighted by atomic mass is 32.2. The quantitative estimate of drug-likeness (QED) is 0.611. The van der Waals surface area contributed by atoms with Crippen molar-refractivity contribution in [2.75, 3.05) is 18.1 Å². The van der Waals surface area contributed by atoms with Gasteiger partial charge in [0.25, 0.3) is 0 Å². The van der Waals surface area contributed by atoms with Crippen molar-refractivity contribution in [1.82, 2.24) is 20.1 Å². The van der Waals surface area contributed by atoms with Gasteiger partial charge >= 0.3 is 0 Å². The number of rotatable bonds is 7. The molecule has 1 fully saturated rings. The molecule has 1 aliphatic heterocycles. The maximum atomic E-state index is 14.9. The van der Waals surface area contributed by atoms with Crippen molar-refractivity contribution in [3.8, 4) is 17.1 Å². The van der Waals surface area contributed by atoms with Gasteiger partial charge in [0.2, 0.25) is 11.8 Å². The Morgan fingerprint density at radius 1 is 1.50 bits per heavy atom. The summed E-state index contributed by atoms with van der Waals surface area (Å²) in [4.78, 5) is 17.2. The maximum absolute atomic E-state index is 14.9. The van der Waals surface area contributed by atoms with Crippen molar-refractivity contribution in [3.05, 3.63) is 29.3 Å². The van der Waals surface area contributed by atoms with Gasteiger partial charge in [-0.05, 0) is 59.6 Å². The normalized spacial score (nSPS) is 23.4. The van der Waals surface area contributed by atoms with Gasteiger partial charge in [0.05, 0.1) is 30.1 Å². The molecule has 0 spiro atoms. The fourth-order valence-electron chi connectivity index (χ4n) is 4.69. The lowest BCUT2D eigenvalue weighted by Crippen LogP contribution is -2.49. The average Bonchev–Trinajstić information content (AvgIpc) is 3.37. The minimum Gasteiger partial charge on any atom is -0.478 e. The summed E-state index contributed by atoms with van der Waals surface area (Å²) >= 11 is 1.87. The molecule has 2 N–H and O–H groups in total. The highest BCUT2D eigenvalue weighted by Gasteiger charge is 2.38. The Hall–Kier alpha value is -2.13.